The molecule has 8 nitrogen and oxygen atoms in total. The van der Waals surface area contributed by atoms with Crippen LogP contribution in [0.1, 0.15) is 25.8 Å². The quantitative estimate of drug-likeness (QED) is 0.746. The largest absolute Gasteiger partial charge is 0.467 e. The van der Waals surface area contributed by atoms with E-state index in [-0.39, 0.29) is 18.7 Å². The number of hydrogen-bond donors (Lipinski definition) is 1. The van der Waals surface area contributed by atoms with E-state index in [2.05, 4.69) is 10.2 Å². The van der Waals surface area contributed by atoms with Crippen LogP contribution in [0.2, 0.25) is 0 Å². The van der Waals surface area contributed by atoms with Crippen molar-refractivity contribution in [2.45, 2.75) is 32.9 Å². The van der Waals surface area contributed by atoms with Gasteiger partial charge in [-0.3, -0.25) is 4.90 Å². The van der Waals surface area contributed by atoms with Crippen molar-refractivity contribution >= 4 is 12.0 Å². The fraction of sp³-hybridized carbons (Fsp3) is 0.600. The second-order valence-electron chi connectivity index (χ2n) is 7.29. The zero-order chi connectivity index (χ0) is 20.1. The molecule has 1 N–H and O–H groups in total. The molecular formula is C20H29N3O5. The lowest BCUT2D eigenvalue weighted by molar-refractivity contribution is -0.144. The highest BCUT2D eigenvalue weighted by atomic mass is 16.7. The van der Waals surface area contributed by atoms with Crippen molar-refractivity contribution in [3.8, 4) is 11.5 Å². The molecule has 2 aliphatic rings. The molecule has 2 heterocycles. The van der Waals surface area contributed by atoms with Gasteiger partial charge in [0.15, 0.2) is 11.5 Å². The molecule has 1 saturated heterocycles. The Morgan fingerprint density at radius 3 is 2.57 bits per heavy atom. The molecule has 1 aromatic carbocycles. The molecule has 2 unspecified atom stereocenters. The number of nitrogens with one attached hydrogen (secondary N) is 1. The summed E-state index contributed by atoms with van der Waals surface area (Å²) in [5.74, 6) is 1.19. The molecule has 0 saturated carbocycles. The van der Waals surface area contributed by atoms with Gasteiger partial charge in [0.1, 0.15) is 6.04 Å². The van der Waals surface area contributed by atoms with E-state index >= 15 is 0 Å². The second-order valence-corrected chi connectivity index (χ2v) is 7.29. The number of carbonyl (C=O) groups is 2. The second kappa shape index (κ2) is 9.14. The van der Waals surface area contributed by atoms with E-state index in [0.29, 0.717) is 13.1 Å². The Bertz CT molecular complexity index is 703. The number of benzene rings is 1. The molecular weight excluding hydrogens is 362 g/mol. The number of nitrogens with zero attached hydrogens (tertiary/aromatic N) is 2. The average molecular weight is 391 g/mol. The first-order valence-electron chi connectivity index (χ1n) is 9.76. The first-order valence-corrected chi connectivity index (χ1v) is 9.76. The lowest BCUT2D eigenvalue weighted by Crippen LogP contribution is -2.55. The van der Waals surface area contributed by atoms with Crippen LogP contribution in [-0.2, 0) is 16.1 Å². The zero-order valence-electron chi connectivity index (χ0n) is 16.8. The summed E-state index contributed by atoms with van der Waals surface area (Å²) < 4.78 is 15.6. The summed E-state index contributed by atoms with van der Waals surface area (Å²) in [4.78, 5) is 28.6. The molecule has 0 bridgehead atoms. The smallest absolute Gasteiger partial charge is 0.328 e. The molecule has 1 aromatic rings. The summed E-state index contributed by atoms with van der Waals surface area (Å²) in [6, 6.07) is 5.16. The Hall–Kier alpha value is -2.48. The number of urea groups is 1. The first-order chi connectivity index (χ1) is 13.5. The van der Waals surface area contributed by atoms with Crippen LogP contribution in [-0.4, -0.2) is 67.9 Å². The lowest BCUT2D eigenvalue weighted by Gasteiger charge is -2.35. The molecule has 0 aromatic heterocycles. The fourth-order valence-electron chi connectivity index (χ4n) is 3.43. The third kappa shape index (κ3) is 4.67. The summed E-state index contributed by atoms with van der Waals surface area (Å²) in [5.41, 5.74) is 1.16. The van der Waals surface area contributed by atoms with E-state index in [1.54, 1.807) is 4.90 Å². The number of carbonyl (C=O) groups excluding carboxylic acids is 2. The Morgan fingerprint density at radius 2 is 1.89 bits per heavy atom. The van der Waals surface area contributed by atoms with Gasteiger partial charge in [0.05, 0.1) is 7.11 Å². The molecule has 0 spiro atoms. The van der Waals surface area contributed by atoms with Crippen LogP contribution in [0.5, 0.6) is 11.5 Å². The topological polar surface area (TPSA) is 80.3 Å². The fourth-order valence-corrected chi connectivity index (χ4v) is 3.43. The number of amides is 2. The van der Waals surface area contributed by atoms with Gasteiger partial charge >= 0.3 is 12.0 Å². The van der Waals surface area contributed by atoms with E-state index in [0.717, 1.165) is 43.1 Å². The maximum atomic E-state index is 12.6. The highest BCUT2D eigenvalue weighted by Gasteiger charge is 2.30. The average Bonchev–Trinajstić information content (AvgIpc) is 3.19. The van der Waals surface area contributed by atoms with Crippen LogP contribution < -0.4 is 14.8 Å². The van der Waals surface area contributed by atoms with Gasteiger partial charge < -0.3 is 24.4 Å². The standard InChI is InChI=1S/C20H29N3O5/c1-4-14(2)18(19(24)26-3)21-20(25)23-9-7-22(8-10-23)12-15-5-6-16-17(11-15)28-13-27-16/h5-6,11,14,18H,4,7-10,12-13H2,1-3H3,(H,21,25). The van der Waals surface area contributed by atoms with Gasteiger partial charge in [0.2, 0.25) is 6.79 Å². The molecule has 2 atom stereocenters. The van der Waals surface area contributed by atoms with Gasteiger partial charge in [-0.05, 0) is 23.6 Å². The number of esters is 1. The van der Waals surface area contributed by atoms with E-state index in [9.17, 15) is 9.59 Å². The van der Waals surface area contributed by atoms with Crippen molar-refractivity contribution < 1.29 is 23.8 Å². The van der Waals surface area contributed by atoms with Gasteiger partial charge in [0, 0.05) is 32.7 Å². The normalized spacial score (nSPS) is 18.5. The van der Waals surface area contributed by atoms with Gasteiger partial charge in [-0.15, -0.1) is 0 Å². The molecule has 2 amide bonds. The lowest BCUT2D eigenvalue weighted by atomic mass is 9.99. The molecule has 0 aliphatic carbocycles. The minimum atomic E-state index is -0.617. The Kier molecular flexibility index (Phi) is 6.61. The summed E-state index contributed by atoms with van der Waals surface area (Å²) >= 11 is 0. The molecule has 3 rings (SSSR count). The minimum Gasteiger partial charge on any atom is -0.467 e. The van der Waals surface area contributed by atoms with Crippen LogP contribution in [0.15, 0.2) is 18.2 Å². The predicted octanol–water partition coefficient (Wildman–Crippen LogP) is 1.83. The molecule has 2 aliphatic heterocycles. The maximum absolute atomic E-state index is 12.6. The maximum Gasteiger partial charge on any atom is 0.328 e. The third-order valence-electron chi connectivity index (χ3n) is 5.45. The van der Waals surface area contributed by atoms with Crippen LogP contribution in [0.3, 0.4) is 0 Å². The molecule has 8 heteroatoms. The monoisotopic (exact) mass is 391 g/mol. The van der Waals surface area contributed by atoms with Crippen molar-refractivity contribution in [2.24, 2.45) is 5.92 Å². The highest BCUT2D eigenvalue weighted by molar-refractivity contribution is 5.83. The van der Waals surface area contributed by atoms with E-state index < -0.39 is 12.0 Å². The van der Waals surface area contributed by atoms with Gasteiger partial charge in [-0.1, -0.05) is 26.3 Å². The first kappa shape index (κ1) is 20.3. The third-order valence-corrected chi connectivity index (χ3v) is 5.45. The summed E-state index contributed by atoms with van der Waals surface area (Å²) in [6.45, 7) is 7.77. The number of fused-ring (bicyclic) bond motifs is 1. The van der Waals surface area contributed by atoms with Crippen molar-refractivity contribution in [3.63, 3.8) is 0 Å². The SMILES string of the molecule is CCC(C)C(NC(=O)N1CCN(Cc2ccc3c(c2)OCO3)CC1)C(=O)OC. The van der Waals surface area contributed by atoms with Gasteiger partial charge in [0.25, 0.3) is 0 Å². The van der Waals surface area contributed by atoms with E-state index in [4.69, 9.17) is 14.2 Å². The number of piperazine rings is 1. The van der Waals surface area contributed by atoms with Crippen molar-refractivity contribution in [2.75, 3.05) is 40.1 Å². The molecule has 0 radical (unpaired) electrons. The van der Waals surface area contributed by atoms with Crippen molar-refractivity contribution in [3.05, 3.63) is 23.8 Å². The van der Waals surface area contributed by atoms with Crippen molar-refractivity contribution in [1.29, 1.82) is 0 Å². The number of ether oxygens (including phenoxy) is 3. The zero-order valence-corrected chi connectivity index (χ0v) is 16.8. The summed E-state index contributed by atoms with van der Waals surface area (Å²) in [6.07, 6.45) is 0.781. The number of methoxy groups -OCH3 is 1. The highest BCUT2D eigenvalue weighted by Crippen LogP contribution is 2.32. The van der Waals surface area contributed by atoms with Crippen LogP contribution in [0, 0.1) is 5.92 Å². The van der Waals surface area contributed by atoms with Crippen molar-refractivity contribution in [1.82, 2.24) is 15.1 Å². The van der Waals surface area contributed by atoms with Crippen LogP contribution >= 0.6 is 0 Å². The Labute approximate surface area is 165 Å². The van der Waals surface area contributed by atoms with Crippen LogP contribution in [0.4, 0.5) is 4.79 Å². The molecule has 154 valence electrons. The molecule has 28 heavy (non-hydrogen) atoms. The van der Waals surface area contributed by atoms with Gasteiger partial charge in [-0.25, -0.2) is 9.59 Å². The minimum absolute atomic E-state index is 0.0173. The Balaban J connectivity index is 1.50. The summed E-state index contributed by atoms with van der Waals surface area (Å²) in [5, 5.41) is 2.84. The van der Waals surface area contributed by atoms with Gasteiger partial charge in [-0.2, -0.15) is 0 Å². The Morgan fingerprint density at radius 1 is 1.18 bits per heavy atom. The number of hydrogen-bond acceptors (Lipinski definition) is 6. The van der Waals surface area contributed by atoms with E-state index in [1.807, 2.05) is 32.0 Å². The number of rotatable bonds is 6. The van der Waals surface area contributed by atoms with E-state index in [1.165, 1.54) is 7.11 Å². The van der Waals surface area contributed by atoms with Crippen LogP contribution in [0.25, 0.3) is 0 Å². The predicted molar refractivity (Wildman–Crippen MR) is 103 cm³/mol. The summed E-state index contributed by atoms with van der Waals surface area (Å²) in [7, 11) is 1.35. The molecule has 1 fully saturated rings.